The fraction of sp³-hybridized carbons (Fsp3) is 0.474. The topological polar surface area (TPSA) is 80.1 Å². The van der Waals surface area contributed by atoms with E-state index >= 15 is 0 Å². The monoisotopic (exact) mass is 373 g/mol. The third-order valence-electron chi connectivity index (χ3n) is 4.87. The van der Waals surface area contributed by atoms with E-state index in [2.05, 4.69) is 15.5 Å². The lowest BCUT2D eigenvalue weighted by atomic mass is 9.96. The van der Waals surface area contributed by atoms with Crippen molar-refractivity contribution in [3.63, 3.8) is 0 Å². The number of halogens is 1. The Morgan fingerprint density at radius 2 is 2.19 bits per heavy atom. The molecule has 2 aromatic rings. The van der Waals surface area contributed by atoms with Crippen LogP contribution in [-0.4, -0.2) is 44.6 Å². The Balaban J connectivity index is 1.53. The highest BCUT2D eigenvalue weighted by Gasteiger charge is 2.30. The lowest BCUT2D eigenvalue weighted by Crippen LogP contribution is -2.45. The molecule has 1 aromatic carbocycles. The van der Waals surface area contributed by atoms with Crippen LogP contribution in [0.4, 0.5) is 4.39 Å². The van der Waals surface area contributed by atoms with Gasteiger partial charge in [-0.3, -0.25) is 9.59 Å². The molecular formula is C19H24FN5O2. The Labute approximate surface area is 157 Å². The van der Waals surface area contributed by atoms with E-state index in [4.69, 9.17) is 0 Å². The summed E-state index contributed by atoms with van der Waals surface area (Å²) in [5, 5.41) is 10.8. The molecule has 0 saturated carbocycles. The van der Waals surface area contributed by atoms with E-state index in [1.807, 2.05) is 11.5 Å². The summed E-state index contributed by atoms with van der Waals surface area (Å²) in [6.45, 7) is 3.76. The average molecular weight is 373 g/mol. The number of nitrogens with one attached hydrogen (secondary N) is 1. The molecule has 0 radical (unpaired) electrons. The van der Waals surface area contributed by atoms with Gasteiger partial charge in [0.25, 0.3) is 0 Å². The maximum Gasteiger partial charge on any atom is 0.224 e. The zero-order chi connectivity index (χ0) is 19.2. The van der Waals surface area contributed by atoms with Gasteiger partial charge in [0, 0.05) is 44.6 Å². The number of aryl methyl sites for hydroxylation is 1. The first-order valence-corrected chi connectivity index (χ1v) is 9.24. The molecule has 0 spiro atoms. The van der Waals surface area contributed by atoms with E-state index in [9.17, 15) is 14.0 Å². The van der Waals surface area contributed by atoms with E-state index in [1.54, 1.807) is 29.4 Å². The minimum absolute atomic E-state index is 0.0432. The van der Waals surface area contributed by atoms with Crippen molar-refractivity contribution >= 4 is 11.8 Å². The summed E-state index contributed by atoms with van der Waals surface area (Å²) in [7, 11) is 0. The molecule has 8 heteroatoms. The molecule has 2 amide bonds. The standard InChI is InChI=1S/C19H24FN5O2/c1-2-24-13-22-23-17(24)9-10-21-19(27)15-7-8-18(26)25(12-15)11-14-5-3-4-6-16(14)20/h3-6,13,15H,2,7-12H2,1H3,(H,21,27)/t15-/m1/s1. The van der Waals surface area contributed by atoms with Crippen LogP contribution in [0.1, 0.15) is 31.2 Å². The van der Waals surface area contributed by atoms with Gasteiger partial charge in [0.05, 0.1) is 5.92 Å². The molecule has 7 nitrogen and oxygen atoms in total. The van der Waals surface area contributed by atoms with Crippen molar-refractivity contribution < 1.29 is 14.0 Å². The summed E-state index contributed by atoms with van der Waals surface area (Å²) in [5.74, 6) is 0.0928. The van der Waals surface area contributed by atoms with E-state index in [1.165, 1.54) is 6.07 Å². The molecule has 1 atom stereocenters. The Morgan fingerprint density at radius 1 is 1.37 bits per heavy atom. The van der Waals surface area contributed by atoms with Crippen molar-refractivity contribution in [1.29, 1.82) is 0 Å². The summed E-state index contributed by atoms with van der Waals surface area (Å²) in [5.41, 5.74) is 0.464. The van der Waals surface area contributed by atoms with E-state index in [0.717, 1.165) is 12.4 Å². The van der Waals surface area contributed by atoms with Crippen molar-refractivity contribution in [3.8, 4) is 0 Å². The van der Waals surface area contributed by atoms with Crippen LogP contribution >= 0.6 is 0 Å². The van der Waals surface area contributed by atoms with Crippen LogP contribution in [-0.2, 0) is 29.1 Å². The van der Waals surface area contributed by atoms with Gasteiger partial charge < -0.3 is 14.8 Å². The van der Waals surface area contributed by atoms with Crippen LogP contribution in [0.5, 0.6) is 0 Å². The number of benzene rings is 1. The average Bonchev–Trinajstić information content (AvgIpc) is 3.12. The molecule has 1 aliphatic heterocycles. The number of carbonyl (C=O) groups is 2. The van der Waals surface area contributed by atoms with Gasteiger partial charge in [-0.1, -0.05) is 18.2 Å². The van der Waals surface area contributed by atoms with Crippen LogP contribution in [0.25, 0.3) is 0 Å². The van der Waals surface area contributed by atoms with Gasteiger partial charge in [0.15, 0.2) is 0 Å². The minimum atomic E-state index is -0.336. The van der Waals surface area contributed by atoms with Gasteiger partial charge in [-0.15, -0.1) is 10.2 Å². The maximum atomic E-state index is 13.9. The number of aromatic nitrogens is 3. The Kier molecular flexibility index (Phi) is 6.16. The number of carbonyl (C=O) groups excluding carboxylic acids is 2. The molecule has 0 unspecified atom stereocenters. The number of piperidine rings is 1. The van der Waals surface area contributed by atoms with Gasteiger partial charge in [0.2, 0.25) is 11.8 Å². The Hall–Kier alpha value is -2.77. The second-order valence-corrected chi connectivity index (χ2v) is 6.68. The maximum absolute atomic E-state index is 13.9. The second kappa shape index (κ2) is 8.75. The van der Waals surface area contributed by atoms with Crippen molar-refractivity contribution in [2.75, 3.05) is 13.1 Å². The third kappa shape index (κ3) is 4.69. The fourth-order valence-corrected chi connectivity index (χ4v) is 3.29. The molecule has 1 N–H and O–H groups in total. The van der Waals surface area contributed by atoms with Crippen LogP contribution in [0.2, 0.25) is 0 Å². The number of hydrogen-bond acceptors (Lipinski definition) is 4. The largest absolute Gasteiger partial charge is 0.355 e. The molecule has 1 saturated heterocycles. The SMILES string of the molecule is CCn1cnnc1CCNC(=O)[C@@H]1CCC(=O)N(Cc2ccccc2F)C1. The predicted molar refractivity (Wildman–Crippen MR) is 97.0 cm³/mol. The Bertz CT molecular complexity index is 807. The summed E-state index contributed by atoms with van der Waals surface area (Å²) in [6, 6.07) is 6.40. The van der Waals surface area contributed by atoms with Crippen LogP contribution in [0.3, 0.4) is 0 Å². The normalized spacial score (nSPS) is 17.2. The van der Waals surface area contributed by atoms with Gasteiger partial charge in [-0.05, 0) is 19.4 Å². The number of hydrogen-bond donors (Lipinski definition) is 1. The summed E-state index contributed by atoms with van der Waals surface area (Å²) < 4.78 is 15.8. The quantitative estimate of drug-likeness (QED) is 0.798. The number of rotatable bonds is 7. The highest BCUT2D eigenvalue weighted by molar-refractivity contribution is 5.83. The molecule has 1 aromatic heterocycles. The van der Waals surface area contributed by atoms with E-state index < -0.39 is 0 Å². The minimum Gasteiger partial charge on any atom is -0.355 e. The predicted octanol–water partition coefficient (Wildman–Crippen LogP) is 1.53. The molecule has 0 bridgehead atoms. The van der Waals surface area contributed by atoms with Crippen LogP contribution in [0, 0.1) is 11.7 Å². The number of nitrogens with zero attached hydrogens (tertiary/aromatic N) is 4. The lowest BCUT2D eigenvalue weighted by molar-refractivity contribution is -0.138. The van der Waals surface area contributed by atoms with E-state index in [0.29, 0.717) is 37.9 Å². The van der Waals surface area contributed by atoms with Crippen LogP contribution in [0.15, 0.2) is 30.6 Å². The van der Waals surface area contributed by atoms with Crippen molar-refractivity contribution in [3.05, 3.63) is 47.8 Å². The highest BCUT2D eigenvalue weighted by atomic mass is 19.1. The fourth-order valence-electron chi connectivity index (χ4n) is 3.29. The summed E-state index contributed by atoms with van der Waals surface area (Å²) >= 11 is 0. The van der Waals surface area contributed by atoms with Crippen molar-refractivity contribution in [2.24, 2.45) is 5.92 Å². The first-order chi connectivity index (χ1) is 13.1. The molecule has 1 fully saturated rings. The zero-order valence-electron chi connectivity index (χ0n) is 15.4. The number of likely N-dealkylation sites (tertiary alicyclic amines) is 1. The third-order valence-corrected chi connectivity index (χ3v) is 4.87. The van der Waals surface area contributed by atoms with E-state index in [-0.39, 0.29) is 30.1 Å². The van der Waals surface area contributed by atoms with Gasteiger partial charge >= 0.3 is 0 Å². The smallest absolute Gasteiger partial charge is 0.224 e. The first-order valence-electron chi connectivity index (χ1n) is 9.24. The van der Waals surface area contributed by atoms with Gasteiger partial charge in [-0.25, -0.2) is 4.39 Å². The molecule has 2 heterocycles. The molecule has 27 heavy (non-hydrogen) atoms. The van der Waals surface area contributed by atoms with Crippen molar-refractivity contribution in [2.45, 2.75) is 39.3 Å². The van der Waals surface area contributed by atoms with Crippen molar-refractivity contribution in [1.82, 2.24) is 25.0 Å². The zero-order valence-corrected chi connectivity index (χ0v) is 15.4. The lowest BCUT2D eigenvalue weighted by Gasteiger charge is -2.32. The summed E-state index contributed by atoms with van der Waals surface area (Å²) in [6.07, 6.45) is 3.09. The molecule has 0 aliphatic carbocycles. The molecular weight excluding hydrogens is 349 g/mol. The van der Waals surface area contributed by atoms with Crippen LogP contribution < -0.4 is 5.32 Å². The Morgan fingerprint density at radius 3 is 2.96 bits per heavy atom. The molecule has 3 rings (SSSR count). The summed E-state index contributed by atoms with van der Waals surface area (Å²) in [4.78, 5) is 26.2. The molecule has 144 valence electrons. The first kappa shape index (κ1) is 19.0. The molecule has 1 aliphatic rings. The number of amides is 2. The van der Waals surface area contributed by atoms with Gasteiger partial charge in [-0.2, -0.15) is 0 Å². The second-order valence-electron chi connectivity index (χ2n) is 6.68. The highest BCUT2D eigenvalue weighted by Crippen LogP contribution is 2.21. The van der Waals surface area contributed by atoms with Gasteiger partial charge in [0.1, 0.15) is 18.0 Å².